The van der Waals surface area contributed by atoms with Crippen molar-refractivity contribution < 1.29 is 19.0 Å². The number of nitrogens with one attached hydrogen (secondary N) is 1. The molecular weight excluding hydrogens is 366 g/mol. The van der Waals surface area contributed by atoms with Crippen molar-refractivity contribution in [2.75, 3.05) is 26.6 Å². The molecule has 130 valence electrons. The van der Waals surface area contributed by atoms with E-state index < -0.39 is 0 Å². The van der Waals surface area contributed by atoms with E-state index in [2.05, 4.69) is 14.1 Å². The molecule has 0 fully saturated rings. The van der Waals surface area contributed by atoms with Crippen molar-refractivity contribution in [1.29, 1.82) is 0 Å². The molecule has 7 nitrogen and oxygen atoms in total. The summed E-state index contributed by atoms with van der Waals surface area (Å²) in [6.07, 6.45) is 0. The van der Waals surface area contributed by atoms with Crippen molar-refractivity contribution in [1.82, 2.24) is 8.75 Å². The van der Waals surface area contributed by atoms with Crippen molar-refractivity contribution in [2.45, 2.75) is 0 Å². The number of aromatic nitrogens is 2. The fourth-order valence-corrected chi connectivity index (χ4v) is 3.09. The number of methoxy groups -OCH3 is 3. The minimum absolute atomic E-state index is 0.325. The first-order valence-electron chi connectivity index (χ1n) is 7.11. The van der Waals surface area contributed by atoms with Gasteiger partial charge in [-0.1, -0.05) is 11.6 Å². The number of hydrogen-bond donors (Lipinski definition) is 1. The van der Waals surface area contributed by atoms with E-state index in [4.69, 9.17) is 25.8 Å². The molecule has 0 aliphatic heterocycles. The second kappa shape index (κ2) is 7.12. The number of ether oxygens (including phenoxy) is 3. The molecule has 0 spiro atoms. The maximum absolute atomic E-state index is 12.7. The highest BCUT2D eigenvalue weighted by Crippen LogP contribution is 2.38. The third kappa shape index (κ3) is 3.18. The highest BCUT2D eigenvalue weighted by molar-refractivity contribution is 7.00. The maximum Gasteiger partial charge on any atom is 0.256 e. The number of carbonyl (C=O) groups is 1. The lowest BCUT2D eigenvalue weighted by Crippen LogP contribution is -2.13. The van der Waals surface area contributed by atoms with Crippen LogP contribution in [0.4, 0.5) is 5.69 Å². The van der Waals surface area contributed by atoms with Gasteiger partial charge in [0.15, 0.2) is 11.5 Å². The van der Waals surface area contributed by atoms with Crippen LogP contribution in [0.15, 0.2) is 24.3 Å². The van der Waals surface area contributed by atoms with Gasteiger partial charge in [-0.05, 0) is 24.3 Å². The fraction of sp³-hybridized carbons (Fsp3) is 0.188. The van der Waals surface area contributed by atoms with Gasteiger partial charge in [-0.15, -0.1) is 0 Å². The minimum atomic E-state index is -0.387. The molecule has 0 saturated heterocycles. The van der Waals surface area contributed by atoms with Crippen LogP contribution in [0.2, 0.25) is 5.02 Å². The Hall–Kier alpha value is -2.58. The van der Waals surface area contributed by atoms with Gasteiger partial charge >= 0.3 is 0 Å². The standard InChI is InChI=1S/C16H14ClN3O4S/c1-22-11-6-8(7-12(23-2)15(11)24-3)16(21)18-13-9(17)4-5-10-14(13)20-25-19-10/h4-7H,1-3H3,(H,18,21). The number of amides is 1. The Morgan fingerprint density at radius 1 is 1.08 bits per heavy atom. The number of halogens is 1. The van der Waals surface area contributed by atoms with Gasteiger partial charge in [0.05, 0.1) is 43.8 Å². The molecule has 1 N–H and O–H groups in total. The van der Waals surface area contributed by atoms with Crippen LogP contribution in [0.5, 0.6) is 17.2 Å². The first kappa shape index (κ1) is 17.2. The molecule has 0 atom stereocenters. The van der Waals surface area contributed by atoms with E-state index in [1.165, 1.54) is 21.3 Å². The van der Waals surface area contributed by atoms with E-state index in [1.54, 1.807) is 24.3 Å². The number of hydrogen-bond acceptors (Lipinski definition) is 7. The van der Waals surface area contributed by atoms with E-state index >= 15 is 0 Å². The number of fused-ring (bicyclic) bond motifs is 1. The topological polar surface area (TPSA) is 82.6 Å². The van der Waals surface area contributed by atoms with Gasteiger partial charge in [0.25, 0.3) is 5.91 Å². The summed E-state index contributed by atoms with van der Waals surface area (Å²) in [6, 6.07) is 6.53. The molecule has 3 aromatic rings. The largest absolute Gasteiger partial charge is 0.493 e. The third-order valence-corrected chi connectivity index (χ3v) is 4.40. The lowest BCUT2D eigenvalue weighted by atomic mass is 10.1. The van der Waals surface area contributed by atoms with Crippen LogP contribution in [-0.4, -0.2) is 36.0 Å². The zero-order valence-corrected chi connectivity index (χ0v) is 15.2. The predicted molar refractivity (Wildman–Crippen MR) is 96.5 cm³/mol. The molecule has 2 aromatic carbocycles. The molecule has 0 saturated carbocycles. The molecule has 3 rings (SSSR count). The Balaban J connectivity index is 2.01. The molecule has 9 heteroatoms. The predicted octanol–water partition coefficient (Wildman–Crippen LogP) is 3.62. The normalized spacial score (nSPS) is 10.6. The molecule has 0 radical (unpaired) electrons. The van der Waals surface area contributed by atoms with Gasteiger partial charge in [-0.2, -0.15) is 8.75 Å². The summed E-state index contributed by atoms with van der Waals surface area (Å²) in [7, 11) is 4.46. The van der Waals surface area contributed by atoms with E-state index in [0.717, 1.165) is 11.7 Å². The average molecular weight is 380 g/mol. The molecule has 1 amide bonds. The summed E-state index contributed by atoms with van der Waals surface area (Å²) in [5.41, 5.74) is 1.94. The van der Waals surface area contributed by atoms with Crippen LogP contribution in [0.25, 0.3) is 11.0 Å². The van der Waals surface area contributed by atoms with E-state index in [1.807, 2.05) is 0 Å². The molecule has 1 aromatic heterocycles. The second-order valence-corrected chi connectivity index (χ2v) is 5.86. The van der Waals surface area contributed by atoms with Gasteiger partial charge in [-0.3, -0.25) is 4.79 Å². The lowest BCUT2D eigenvalue weighted by Gasteiger charge is -2.14. The number of benzene rings is 2. The van der Waals surface area contributed by atoms with Crippen LogP contribution >= 0.6 is 23.3 Å². The zero-order valence-electron chi connectivity index (χ0n) is 13.6. The Morgan fingerprint density at radius 3 is 2.36 bits per heavy atom. The smallest absolute Gasteiger partial charge is 0.256 e. The second-order valence-electron chi connectivity index (χ2n) is 4.92. The highest BCUT2D eigenvalue weighted by atomic mass is 35.5. The summed E-state index contributed by atoms with van der Waals surface area (Å²) in [4.78, 5) is 12.7. The summed E-state index contributed by atoms with van der Waals surface area (Å²) >= 11 is 7.26. The van der Waals surface area contributed by atoms with Crippen LogP contribution in [0.3, 0.4) is 0 Å². The molecule has 0 unspecified atom stereocenters. The number of rotatable bonds is 5. The Bertz CT molecular complexity index is 919. The quantitative estimate of drug-likeness (QED) is 0.729. The van der Waals surface area contributed by atoms with Gasteiger partial charge in [0.1, 0.15) is 11.0 Å². The number of anilines is 1. The van der Waals surface area contributed by atoms with Crippen molar-refractivity contribution >= 4 is 46.0 Å². The van der Waals surface area contributed by atoms with E-state index in [-0.39, 0.29) is 5.91 Å². The zero-order chi connectivity index (χ0) is 18.0. The molecule has 25 heavy (non-hydrogen) atoms. The molecule has 0 aliphatic carbocycles. The summed E-state index contributed by atoms with van der Waals surface area (Å²) in [5.74, 6) is 0.783. The highest BCUT2D eigenvalue weighted by Gasteiger charge is 2.19. The van der Waals surface area contributed by atoms with Crippen molar-refractivity contribution in [3.8, 4) is 17.2 Å². The SMILES string of the molecule is COc1cc(C(=O)Nc2c(Cl)ccc3nsnc23)cc(OC)c1OC. The van der Waals surface area contributed by atoms with Gasteiger partial charge in [0.2, 0.25) is 5.75 Å². The van der Waals surface area contributed by atoms with Crippen LogP contribution in [-0.2, 0) is 0 Å². The Kier molecular flexibility index (Phi) is 4.91. The van der Waals surface area contributed by atoms with Gasteiger partial charge < -0.3 is 19.5 Å². The maximum atomic E-state index is 12.7. The van der Waals surface area contributed by atoms with Gasteiger partial charge in [0, 0.05) is 5.56 Å². The monoisotopic (exact) mass is 379 g/mol. The van der Waals surface area contributed by atoms with Crippen LogP contribution in [0.1, 0.15) is 10.4 Å². The van der Waals surface area contributed by atoms with Crippen molar-refractivity contribution in [3.05, 3.63) is 34.9 Å². The number of carbonyl (C=O) groups excluding carboxylic acids is 1. The van der Waals surface area contributed by atoms with Gasteiger partial charge in [-0.25, -0.2) is 0 Å². The summed E-state index contributed by atoms with van der Waals surface area (Å²) in [6.45, 7) is 0. The van der Waals surface area contributed by atoms with E-state index in [9.17, 15) is 4.79 Å². The molecular formula is C16H14ClN3O4S. The minimum Gasteiger partial charge on any atom is -0.493 e. The average Bonchev–Trinajstić information content (AvgIpc) is 3.11. The lowest BCUT2D eigenvalue weighted by molar-refractivity contribution is 0.102. The van der Waals surface area contributed by atoms with Crippen molar-refractivity contribution in [2.24, 2.45) is 0 Å². The molecule has 1 heterocycles. The Morgan fingerprint density at radius 2 is 1.76 bits per heavy atom. The fourth-order valence-electron chi connectivity index (χ4n) is 2.34. The molecule has 0 bridgehead atoms. The number of nitrogens with zero attached hydrogens (tertiary/aromatic N) is 2. The van der Waals surface area contributed by atoms with Crippen LogP contribution < -0.4 is 19.5 Å². The Labute approximate surface area is 152 Å². The third-order valence-electron chi connectivity index (χ3n) is 3.54. The summed E-state index contributed by atoms with van der Waals surface area (Å²) in [5, 5.41) is 3.15. The first-order valence-corrected chi connectivity index (χ1v) is 8.22. The first-order chi connectivity index (χ1) is 12.1. The molecule has 0 aliphatic rings. The van der Waals surface area contributed by atoms with Crippen molar-refractivity contribution in [3.63, 3.8) is 0 Å². The summed E-state index contributed by atoms with van der Waals surface area (Å²) < 4.78 is 24.1. The van der Waals surface area contributed by atoms with Crippen LogP contribution in [0, 0.1) is 0 Å². The van der Waals surface area contributed by atoms with E-state index in [0.29, 0.717) is 44.6 Å².